The zero-order valence-corrected chi connectivity index (χ0v) is 12.6. The quantitative estimate of drug-likeness (QED) is 0.926. The summed E-state index contributed by atoms with van der Waals surface area (Å²) in [5.41, 5.74) is 3.85. The van der Waals surface area contributed by atoms with Crippen LogP contribution in [0.3, 0.4) is 0 Å². The van der Waals surface area contributed by atoms with E-state index in [1.165, 1.54) is 29.1 Å². The Morgan fingerprint density at radius 2 is 2.00 bits per heavy atom. The summed E-state index contributed by atoms with van der Waals surface area (Å²) in [5.74, 6) is 2.34. The first kappa shape index (κ1) is 13.4. The minimum atomic E-state index is 0.559. The Labute approximate surface area is 121 Å². The van der Waals surface area contributed by atoms with Crippen LogP contribution in [0.1, 0.15) is 43.5 Å². The number of hydrogen-bond acceptors (Lipinski definition) is 2. The molecule has 1 fully saturated rings. The Morgan fingerprint density at radius 3 is 2.60 bits per heavy atom. The lowest BCUT2D eigenvalue weighted by atomic mass is 10.0. The number of nitrogens with one attached hydrogen (secondary N) is 1. The van der Waals surface area contributed by atoms with Gasteiger partial charge < -0.3 is 9.88 Å². The SMILES string of the molecule is CC(C)c1ccc(-c2cnc(C3CCNC3)n2C)cc1. The summed E-state index contributed by atoms with van der Waals surface area (Å²) in [7, 11) is 2.13. The molecule has 0 aliphatic carbocycles. The van der Waals surface area contributed by atoms with Gasteiger partial charge in [-0.15, -0.1) is 0 Å². The Bertz CT molecular complexity index is 575. The fourth-order valence-electron chi connectivity index (χ4n) is 2.99. The van der Waals surface area contributed by atoms with Crippen molar-refractivity contribution in [2.45, 2.75) is 32.1 Å². The maximum Gasteiger partial charge on any atom is 0.113 e. The third-order valence-electron chi connectivity index (χ3n) is 4.32. The highest BCUT2D eigenvalue weighted by atomic mass is 15.1. The molecule has 1 aliphatic heterocycles. The van der Waals surface area contributed by atoms with Crippen LogP contribution < -0.4 is 5.32 Å². The van der Waals surface area contributed by atoms with E-state index in [9.17, 15) is 0 Å². The molecule has 1 aliphatic rings. The molecule has 0 bridgehead atoms. The van der Waals surface area contributed by atoms with Crippen molar-refractivity contribution in [3.8, 4) is 11.3 Å². The highest BCUT2D eigenvalue weighted by molar-refractivity contribution is 5.60. The largest absolute Gasteiger partial charge is 0.331 e. The molecule has 2 aromatic rings. The molecular weight excluding hydrogens is 246 g/mol. The lowest BCUT2D eigenvalue weighted by Gasteiger charge is -2.11. The Kier molecular flexibility index (Phi) is 3.62. The molecule has 1 atom stereocenters. The van der Waals surface area contributed by atoms with Gasteiger partial charge in [0.25, 0.3) is 0 Å². The number of rotatable bonds is 3. The summed E-state index contributed by atoms with van der Waals surface area (Å²) in [5, 5.41) is 3.41. The first-order valence-electron chi connectivity index (χ1n) is 7.49. The first-order chi connectivity index (χ1) is 9.66. The van der Waals surface area contributed by atoms with E-state index >= 15 is 0 Å². The van der Waals surface area contributed by atoms with Crippen molar-refractivity contribution in [2.75, 3.05) is 13.1 Å². The van der Waals surface area contributed by atoms with Gasteiger partial charge in [0, 0.05) is 19.5 Å². The molecule has 1 aromatic carbocycles. The Balaban J connectivity index is 1.90. The number of benzene rings is 1. The molecule has 106 valence electrons. The number of nitrogens with zero attached hydrogens (tertiary/aromatic N) is 2. The summed E-state index contributed by atoms with van der Waals surface area (Å²) < 4.78 is 2.25. The van der Waals surface area contributed by atoms with Crippen molar-refractivity contribution < 1.29 is 0 Å². The topological polar surface area (TPSA) is 29.9 Å². The van der Waals surface area contributed by atoms with Crippen LogP contribution in [0.15, 0.2) is 30.5 Å². The van der Waals surface area contributed by atoms with Gasteiger partial charge in [-0.25, -0.2) is 4.98 Å². The summed E-state index contributed by atoms with van der Waals surface area (Å²) in [6.45, 7) is 6.61. The molecule has 0 amide bonds. The van der Waals surface area contributed by atoms with Crippen LogP contribution in [0, 0.1) is 0 Å². The van der Waals surface area contributed by atoms with Crippen LogP contribution in [0.25, 0.3) is 11.3 Å². The highest BCUT2D eigenvalue weighted by Gasteiger charge is 2.22. The molecule has 3 heteroatoms. The van der Waals surface area contributed by atoms with E-state index in [-0.39, 0.29) is 0 Å². The third-order valence-corrected chi connectivity index (χ3v) is 4.32. The lowest BCUT2D eigenvalue weighted by Crippen LogP contribution is -2.11. The van der Waals surface area contributed by atoms with Crippen LogP contribution in [0.2, 0.25) is 0 Å². The molecule has 1 N–H and O–H groups in total. The minimum Gasteiger partial charge on any atom is -0.331 e. The average molecular weight is 269 g/mol. The van der Waals surface area contributed by atoms with Gasteiger partial charge in [0.15, 0.2) is 0 Å². The molecule has 1 saturated heterocycles. The van der Waals surface area contributed by atoms with Crippen LogP contribution in [0.5, 0.6) is 0 Å². The van der Waals surface area contributed by atoms with Gasteiger partial charge in [-0.3, -0.25) is 0 Å². The van der Waals surface area contributed by atoms with Crippen molar-refractivity contribution in [3.63, 3.8) is 0 Å². The number of aromatic nitrogens is 2. The second-order valence-corrected chi connectivity index (χ2v) is 6.03. The van der Waals surface area contributed by atoms with Gasteiger partial charge in [0.2, 0.25) is 0 Å². The van der Waals surface area contributed by atoms with Crippen molar-refractivity contribution in [2.24, 2.45) is 7.05 Å². The Morgan fingerprint density at radius 1 is 1.25 bits per heavy atom. The van der Waals surface area contributed by atoms with Crippen molar-refractivity contribution in [1.82, 2.24) is 14.9 Å². The van der Waals surface area contributed by atoms with Crippen LogP contribution in [0.4, 0.5) is 0 Å². The van der Waals surface area contributed by atoms with E-state index in [2.05, 4.69) is 60.0 Å². The normalized spacial score (nSPS) is 18.9. The van der Waals surface area contributed by atoms with Crippen LogP contribution in [-0.4, -0.2) is 22.6 Å². The van der Waals surface area contributed by atoms with Crippen molar-refractivity contribution >= 4 is 0 Å². The Hall–Kier alpha value is -1.61. The fraction of sp³-hybridized carbons (Fsp3) is 0.471. The van der Waals surface area contributed by atoms with E-state index in [1.807, 2.05) is 6.20 Å². The summed E-state index contributed by atoms with van der Waals surface area (Å²) in [6, 6.07) is 8.87. The smallest absolute Gasteiger partial charge is 0.113 e. The zero-order valence-electron chi connectivity index (χ0n) is 12.6. The second-order valence-electron chi connectivity index (χ2n) is 6.03. The van der Waals surface area contributed by atoms with Gasteiger partial charge in [-0.2, -0.15) is 0 Å². The molecular formula is C17H23N3. The first-order valence-corrected chi connectivity index (χ1v) is 7.49. The van der Waals surface area contributed by atoms with Crippen LogP contribution >= 0.6 is 0 Å². The molecule has 2 heterocycles. The molecule has 0 saturated carbocycles. The molecule has 0 radical (unpaired) electrons. The van der Waals surface area contributed by atoms with Gasteiger partial charge in [-0.05, 0) is 30.0 Å². The number of hydrogen-bond donors (Lipinski definition) is 1. The molecule has 3 nitrogen and oxygen atoms in total. The number of imidazole rings is 1. The molecule has 20 heavy (non-hydrogen) atoms. The molecule has 1 aromatic heterocycles. The van der Waals surface area contributed by atoms with Gasteiger partial charge >= 0.3 is 0 Å². The van der Waals surface area contributed by atoms with Crippen molar-refractivity contribution in [1.29, 1.82) is 0 Å². The van der Waals surface area contributed by atoms with Gasteiger partial charge in [0.05, 0.1) is 11.9 Å². The predicted molar refractivity (Wildman–Crippen MR) is 83.0 cm³/mol. The molecule has 0 spiro atoms. The maximum absolute atomic E-state index is 4.65. The van der Waals surface area contributed by atoms with Gasteiger partial charge in [-0.1, -0.05) is 38.1 Å². The zero-order chi connectivity index (χ0) is 14.1. The second kappa shape index (κ2) is 5.41. The lowest BCUT2D eigenvalue weighted by molar-refractivity contribution is 0.662. The van der Waals surface area contributed by atoms with E-state index < -0.39 is 0 Å². The summed E-state index contributed by atoms with van der Waals surface area (Å²) in [4.78, 5) is 4.65. The standard InChI is InChI=1S/C17H23N3/c1-12(2)13-4-6-14(7-5-13)16-11-19-17(20(16)3)15-8-9-18-10-15/h4-7,11-12,15,18H,8-10H2,1-3H3. The minimum absolute atomic E-state index is 0.559. The van der Waals surface area contributed by atoms with Gasteiger partial charge in [0.1, 0.15) is 5.82 Å². The van der Waals surface area contributed by atoms with Crippen molar-refractivity contribution in [3.05, 3.63) is 41.9 Å². The van der Waals surface area contributed by atoms with E-state index in [0.717, 1.165) is 13.1 Å². The summed E-state index contributed by atoms with van der Waals surface area (Å²) >= 11 is 0. The molecule has 3 rings (SSSR count). The van der Waals surface area contributed by atoms with E-state index in [4.69, 9.17) is 0 Å². The predicted octanol–water partition coefficient (Wildman–Crippen LogP) is 3.29. The fourth-order valence-corrected chi connectivity index (χ4v) is 2.99. The highest BCUT2D eigenvalue weighted by Crippen LogP contribution is 2.27. The third kappa shape index (κ3) is 2.38. The van der Waals surface area contributed by atoms with E-state index in [1.54, 1.807) is 0 Å². The monoisotopic (exact) mass is 269 g/mol. The van der Waals surface area contributed by atoms with E-state index in [0.29, 0.717) is 11.8 Å². The van der Waals surface area contributed by atoms with Crippen LogP contribution in [-0.2, 0) is 7.05 Å². The molecule has 1 unspecified atom stereocenters. The maximum atomic E-state index is 4.65. The summed E-state index contributed by atoms with van der Waals surface area (Å²) in [6.07, 6.45) is 3.20. The average Bonchev–Trinajstić information content (AvgIpc) is 3.08.